The molecule has 0 aliphatic carbocycles. The second-order valence-corrected chi connectivity index (χ2v) is 7.17. The van der Waals surface area contributed by atoms with Gasteiger partial charge in [0.2, 0.25) is 5.91 Å². The first kappa shape index (κ1) is 26.6. The van der Waals surface area contributed by atoms with E-state index in [1.807, 2.05) is 49.1 Å². The van der Waals surface area contributed by atoms with E-state index in [4.69, 9.17) is 9.47 Å². The van der Waals surface area contributed by atoms with Gasteiger partial charge in [0.15, 0.2) is 5.96 Å². The molecule has 0 radical (unpaired) electrons. The second-order valence-electron chi connectivity index (χ2n) is 7.17. The van der Waals surface area contributed by atoms with E-state index in [9.17, 15) is 4.79 Å². The summed E-state index contributed by atoms with van der Waals surface area (Å²) in [5.74, 6) is 1.24. The third-order valence-corrected chi connectivity index (χ3v) is 4.80. The summed E-state index contributed by atoms with van der Waals surface area (Å²) < 4.78 is 11.1. The molecule has 8 heteroatoms. The molecule has 0 spiro atoms. The Morgan fingerprint density at radius 2 is 2.07 bits per heavy atom. The molecule has 1 fully saturated rings. The predicted octanol–water partition coefficient (Wildman–Crippen LogP) is 2.65. The van der Waals surface area contributed by atoms with Crippen molar-refractivity contribution in [2.24, 2.45) is 10.9 Å². The number of carbonyl (C=O) groups excluding carboxylic acids is 1. The van der Waals surface area contributed by atoms with Crippen molar-refractivity contribution in [1.29, 1.82) is 0 Å². The molecule has 0 bridgehead atoms. The number of nitrogens with one attached hydrogen (secondary N) is 2. The number of guanidine groups is 1. The summed E-state index contributed by atoms with van der Waals surface area (Å²) in [6.45, 7) is 10.1. The first-order chi connectivity index (χ1) is 14.2. The normalized spacial score (nSPS) is 16.1. The van der Waals surface area contributed by atoms with Crippen LogP contribution in [0.25, 0.3) is 0 Å². The molecule has 1 saturated heterocycles. The molecule has 1 aromatic rings. The van der Waals surface area contributed by atoms with Crippen LogP contribution in [-0.4, -0.2) is 69.4 Å². The van der Waals surface area contributed by atoms with Crippen LogP contribution in [0, 0.1) is 5.92 Å². The Hall–Kier alpha value is -1.39. The van der Waals surface area contributed by atoms with Crippen molar-refractivity contribution < 1.29 is 14.3 Å². The zero-order valence-electron chi connectivity index (χ0n) is 18.3. The van der Waals surface area contributed by atoms with Gasteiger partial charge in [-0.25, -0.2) is 4.99 Å². The highest BCUT2D eigenvalue weighted by molar-refractivity contribution is 14.0. The summed E-state index contributed by atoms with van der Waals surface area (Å²) in [5.41, 5.74) is 1.13. The zero-order chi connectivity index (χ0) is 20.7. The molecule has 1 atom stereocenters. The van der Waals surface area contributed by atoms with E-state index in [1.165, 1.54) is 0 Å². The number of likely N-dealkylation sites (N-methyl/N-ethyl adjacent to an activating group) is 1. The minimum Gasteiger partial charge on any atom is -0.381 e. The summed E-state index contributed by atoms with van der Waals surface area (Å²) in [4.78, 5) is 18.8. The summed E-state index contributed by atoms with van der Waals surface area (Å²) in [7, 11) is 0. The van der Waals surface area contributed by atoms with E-state index in [2.05, 4.69) is 15.6 Å². The lowest BCUT2D eigenvalue weighted by Gasteiger charge is -2.20. The SMILES string of the molecule is CCNC(=NCC(=O)N(CC)Cc1ccccc1)NCCCOCC1CCOC1.I. The van der Waals surface area contributed by atoms with Crippen molar-refractivity contribution in [1.82, 2.24) is 15.5 Å². The third-order valence-electron chi connectivity index (χ3n) is 4.80. The predicted molar refractivity (Wildman–Crippen MR) is 131 cm³/mol. The minimum absolute atomic E-state index is 0. The van der Waals surface area contributed by atoms with Crippen LogP contribution in [0.1, 0.15) is 32.3 Å². The number of amides is 1. The van der Waals surface area contributed by atoms with Crippen LogP contribution in [0.15, 0.2) is 35.3 Å². The molecule has 2 N–H and O–H groups in total. The van der Waals surface area contributed by atoms with E-state index in [0.29, 0.717) is 31.6 Å². The quantitative estimate of drug-likeness (QED) is 0.188. The smallest absolute Gasteiger partial charge is 0.244 e. The number of hydrogen-bond donors (Lipinski definition) is 2. The molecule has 7 nitrogen and oxygen atoms in total. The van der Waals surface area contributed by atoms with E-state index < -0.39 is 0 Å². The average molecular weight is 532 g/mol. The highest BCUT2D eigenvalue weighted by atomic mass is 127. The van der Waals surface area contributed by atoms with Crippen LogP contribution >= 0.6 is 24.0 Å². The number of carbonyl (C=O) groups is 1. The van der Waals surface area contributed by atoms with Crippen LogP contribution < -0.4 is 10.6 Å². The maximum Gasteiger partial charge on any atom is 0.244 e. The number of hydrogen-bond acceptors (Lipinski definition) is 4. The van der Waals surface area contributed by atoms with Gasteiger partial charge in [-0.2, -0.15) is 0 Å². The first-order valence-corrected chi connectivity index (χ1v) is 10.7. The number of halogens is 1. The molecule has 1 aromatic carbocycles. The van der Waals surface area contributed by atoms with Gasteiger partial charge in [-0.05, 0) is 32.3 Å². The van der Waals surface area contributed by atoms with Gasteiger partial charge in [-0.3, -0.25) is 4.79 Å². The van der Waals surface area contributed by atoms with Crippen molar-refractivity contribution in [2.75, 3.05) is 52.6 Å². The molecule has 1 aliphatic rings. The number of benzene rings is 1. The molecule has 1 heterocycles. The van der Waals surface area contributed by atoms with E-state index in [0.717, 1.165) is 51.3 Å². The summed E-state index contributed by atoms with van der Waals surface area (Å²) in [6, 6.07) is 10.0. The lowest BCUT2D eigenvalue weighted by molar-refractivity contribution is -0.130. The van der Waals surface area contributed by atoms with Gasteiger partial charge in [0.25, 0.3) is 0 Å². The standard InChI is InChI=1S/C22H36N4O3.HI/c1-3-23-22(24-12-8-13-28-17-20-11-14-29-18-20)25-15-21(27)26(4-2)16-19-9-6-5-7-10-19;/h5-7,9-10,20H,3-4,8,11-18H2,1-2H3,(H2,23,24,25);1H. The van der Waals surface area contributed by atoms with Gasteiger partial charge in [0.1, 0.15) is 6.54 Å². The fraction of sp³-hybridized carbons (Fsp3) is 0.636. The van der Waals surface area contributed by atoms with E-state index in [1.54, 1.807) is 0 Å². The van der Waals surface area contributed by atoms with Gasteiger partial charge in [0.05, 0.1) is 13.2 Å². The maximum atomic E-state index is 12.6. The van der Waals surface area contributed by atoms with Crippen molar-refractivity contribution in [3.05, 3.63) is 35.9 Å². The van der Waals surface area contributed by atoms with Gasteiger partial charge < -0.3 is 25.0 Å². The largest absolute Gasteiger partial charge is 0.381 e. The summed E-state index contributed by atoms with van der Waals surface area (Å²) in [6.07, 6.45) is 1.99. The van der Waals surface area contributed by atoms with Gasteiger partial charge in [-0.1, -0.05) is 30.3 Å². The molecular formula is C22H37IN4O3. The van der Waals surface area contributed by atoms with E-state index >= 15 is 0 Å². The summed E-state index contributed by atoms with van der Waals surface area (Å²) >= 11 is 0. The lowest BCUT2D eigenvalue weighted by atomic mass is 10.1. The monoisotopic (exact) mass is 532 g/mol. The Balaban J connectivity index is 0.00000450. The fourth-order valence-electron chi connectivity index (χ4n) is 3.11. The topological polar surface area (TPSA) is 75.2 Å². The Kier molecular flexibility index (Phi) is 14.5. The second kappa shape index (κ2) is 16.3. The van der Waals surface area contributed by atoms with Crippen molar-refractivity contribution >= 4 is 35.8 Å². The molecular weight excluding hydrogens is 495 g/mol. The highest BCUT2D eigenvalue weighted by Crippen LogP contribution is 2.12. The zero-order valence-corrected chi connectivity index (χ0v) is 20.6. The number of rotatable bonds is 12. The van der Waals surface area contributed by atoms with Crippen LogP contribution in [0.2, 0.25) is 0 Å². The summed E-state index contributed by atoms with van der Waals surface area (Å²) in [5, 5.41) is 6.47. The van der Waals surface area contributed by atoms with Crippen LogP contribution in [0.4, 0.5) is 0 Å². The van der Waals surface area contributed by atoms with Crippen molar-refractivity contribution in [2.45, 2.75) is 33.2 Å². The van der Waals surface area contributed by atoms with E-state index in [-0.39, 0.29) is 36.4 Å². The maximum absolute atomic E-state index is 12.6. The first-order valence-electron chi connectivity index (χ1n) is 10.7. The molecule has 2 rings (SSSR count). The Bertz CT molecular complexity index is 610. The van der Waals surface area contributed by atoms with Gasteiger partial charge in [-0.15, -0.1) is 24.0 Å². The number of ether oxygens (including phenoxy) is 2. The Labute approximate surface area is 198 Å². The van der Waals surface area contributed by atoms with Crippen molar-refractivity contribution in [3.63, 3.8) is 0 Å². The lowest BCUT2D eigenvalue weighted by Crippen LogP contribution is -2.39. The molecule has 1 unspecified atom stereocenters. The van der Waals surface area contributed by atoms with Crippen molar-refractivity contribution in [3.8, 4) is 0 Å². The third kappa shape index (κ3) is 10.6. The van der Waals surface area contributed by atoms with Gasteiger partial charge in [0, 0.05) is 45.3 Å². The molecule has 0 saturated carbocycles. The van der Waals surface area contributed by atoms with Crippen LogP contribution in [-0.2, 0) is 20.8 Å². The van der Waals surface area contributed by atoms with Gasteiger partial charge >= 0.3 is 0 Å². The van der Waals surface area contributed by atoms with Crippen LogP contribution in [0.3, 0.4) is 0 Å². The Morgan fingerprint density at radius 1 is 1.27 bits per heavy atom. The minimum atomic E-state index is 0. The highest BCUT2D eigenvalue weighted by Gasteiger charge is 2.15. The van der Waals surface area contributed by atoms with Crippen LogP contribution in [0.5, 0.6) is 0 Å². The molecule has 170 valence electrons. The number of aliphatic imine (C=N–C) groups is 1. The number of nitrogens with zero attached hydrogens (tertiary/aromatic N) is 2. The molecule has 1 aliphatic heterocycles. The average Bonchev–Trinajstić information content (AvgIpc) is 3.26. The molecule has 0 aromatic heterocycles. The molecule has 30 heavy (non-hydrogen) atoms. The Morgan fingerprint density at radius 3 is 2.73 bits per heavy atom. The fourth-order valence-corrected chi connectivity index (χ4v) is 3.11. The molecule has 1 amide bonds.